The van der Waals surface area contributed by atoms with E-state index in [9.17, 15) is 20.1 Å². The number of nitriles is 1. The summed E-state index contributed by atoms with van der Waals surface area (Å²) in [5.74, 6) is 0.628. The fourth-order valence-corrected chi connectivity index (χ4v) is 4.24. The third kappa shape index (κ3) is 4.52. The van der Waals surface area contributed by atoms with Gasteiger partial charge in [0.15, 0.2) is 0 Å². The van der Waals surface area contributed by atoms with E-state index in [0.29, 0.717) is 42.6 Å². The van der Waals surface area contributed by atoms with Crippen LogP contribution in [-0.2, 0) is 0 Å². The van der Waals surface area contributed by atoms with E-state index >= 15 is 0 Å². The summed E-state index contributed by atoms with van der Waals surface area (Å²) in [4.78, 5) is 14.9. The Bertz CT molecular complexity index is 658. The molecule has 1 amide bonds. The number of carbonyl (C=O) groups is 1. The van der Waals surface area contributed by atoms with Crippen LogP contribution < -0.4 is 0 Å². The highest BCUT2D eigenvalue weighted by Crippen LogP contribution is 2.29. The van der Waals surface area contributed by atoms with Crippen molar-refractivity contribution in [1.29, 1.82) is 5.26 Å². The predicted octanol–water partition coefficient (Wildman–Crippen LogP) is 1.27. The van der Waals surface area contributed by atoms with E-state index in [1.54, 1.807) is 24.3 Å². The number of rotatable bonds is 5. The summed E-state index contributed by atoms with van der Waals surface area (Å²) < 4.78 is 0. The molecule has 2 bridgehead atoms. The lowest BCUT2D eigenvalue weighted by atomic mass is 9.84. The van der Waals surface area contributed by atoms with E-state index in [4.69, 9.17) is 5.26 Å². The molecule has 4 atom stereocenters. The van der Waals surface area contributed by atoms with Crippen LogP contribution >= 0.6 is 0 Å². The van der Waals surface area contributed by atoms with Gasteiger partial charge in [-0.2, -0.15) is 5.26 Å². The maximum absolute atomic E-state index is 11.2. The van der Waals surface area contributed by atoms with Gasteiger partial charge in [-0.05, 0) is 36.0 Å². The van der Waals surface area contributed by atoms with Gasteiger partial charge in [-0.15, -0.1) is 0 Å². The summed E-state index contributed by atoms with van der Waals surface area (Å²) >= 11 is 0. The predicted molar refractivity (Wildman–Crippen MR) is 94.4 cm³/mol. The minimum atomic E-state index is -0.848. The van der Waals surface area contributed by atoms with E-state index in [0.717, 1.165) is 19.5 Å². The second-order valence-corrected chi connectivity index (χ2v) is 7.51. The maximum Gasteiger partial charge on any atom is 0.407 e. The van der Waals surface area contributed by atoms with Crippen molar-refractivity contribution in [3.05, 3.63) is 35.4 Å². The minimum Gasteiger partial charge on any atom is -0.465 e. The molecular weight excluding hydrogens is 334 g/mol. The molecule has 2 aliphatic heterocycles. The molecule has 140 valence electrons. The van der Waals surface area contributed by atoms with Crippen LogP contribution in [-0.4, -0.2) is 70.0 Å². The maximum atomic E-state index is 11.2. The molecule has 2 aliphatic rings. The zero-order chi connectivity index (χ0) is 18.7. The van der Waals surface area contributed by atoms with Crippen molar-refractivity contribution in [2.75, 3.05) is 32.7 Å². The average molecular weight is 359 g/mol. The van der Waals surface area contributed by atoms with Gasteiger partial charge >= 0.3 is 6.09 Å². The Morgan fingerprint density at radius 1 is 1.15 bits per heavy atom. The zero-order valence-corrected chi connectivity index (χ0v) is 14.7. The molecule has 0 saturated carbocycles. The molecule has 0 spiro atoms. The minimum absolute atomic E-state index is 0.235. The van der Waals surface area contributed by atoms with Gasteiger partial charge in [0.2, 0.25) is 0 Å². The van der Waals surface area contributed by atoms with Crippen molar-refractivity contribution >= 4 is 6.09 Å². The zero-order valence-electron chi connectivity index (χ0n) is 14.7. The van der Waals surface area contributed by atoms with Gasteiger partial charge < -0.3 is 25.1 Å². The van der Waals surface area contributed by atoms with E-state index in [2.05, 4.69) is 4.90 Å². The number of hydrogen-bond acceptors (Lipinski definition) is 5. The van der Waals surface area contributed by atoms with Gasteiger partial charge in [-0.3, -0.25) is 0 Å². The van der Waals surface area contributed by atoms with Crippen LogP contribution in [0.1, 0.15) is 30.1 Å². The molecule has 7 nitrogen and oxygen atoms in total. The number of fused-ring (bicyclic) bond motifs is 2. The molecule has 7 heteroatoms. The van der Waals surface area contributed by atoms with E-state index < -0.39 is 18.3 Å². The summed E-state index contributed by atoms with van der Waals surface area (Å²) in [6.45, 7) is 3.17. The summed E-state index contributed by atoms with van der Waals surface area (Å²) in [6.07, 6.45) is -0.998. The molecular formula is C19H25N3O4. The molecule has 2 fully saturated rings. The van der Waals surface area contributed by atoms with Gasteiger partial charge in [0.05, 0.1) is 23.8 Å². The molecule has 0 aromatic heterocycles. The first-order chi connectivity index (χ1) is 12.4. The summed E-state index contributed by atoms with van der Waals surface area (Å²) in [6, 6.07) is 8.77. The molecule has 1 aromatic rings. The largest absolute Gasteiger partial charge is 0.465 e. The summed E-state index contributed by atoms with van der Waals surface area (Å²) in [5.41, 5.74) is 1.23. The van der Waals surface area contributed by atoms with Crippen molar-refractivity contribution in [2.24, 2.45) is 11.8 Å². The van der Waals surface area contributed by atoms with Gasteiger partial charge in [-0.1, -0.05) is 12.1 Å². The Kier molecular flexibility index (Phi) is 5.77. The van der Waals surface area contributed by atoms with E-state index in [1.165, 1.54) is 4.90 Å². The third-order valence-corrected chi connectivity index (χ3v) is 5.32. The number of likely N-dealkylation sites (tertiary alicyclic amines) is 2. The van der Waals surface area contributed by atoms with E-state index in [1.807, 2.05) is 6.07 Å². The number of piperidine rings is 2. The summed E-state index contributed by atoms with van der Waals surface area (Å²) in [5, 5.41) is 38.7. The van der Waals surface area contributed by atoms with Crippen LogP contribution in [0.5, 0.6) is 0 Å². The first-order valence-electron chi connectivity index (χ1n) is 9.01. The summed E-state index contributed by atoms with van der Waals surface area (Å²) in [7, 11) is 0. The van der Waals surface area contributed by atoms with Crippen LogP contribution in [0.2, 0.25) is 0 Å². The molecule has 0 radical (unpaired) electrons. The molecule has 26 heavy (non-hydrogen) atoms. The van der Waals surface area contributed by atoms with Crippen molar-refractivity contribution in [3.8, 4) is 6.07 Å². The van der Waals surface area contributed by atoms with Crippen LogP contribution in [0.25, 0.3) is 0 Å². The molecule has 2 saturated heterocycles. The lowest BCUT2D eigenvalue weighted by Gasteiger charge is -2.45. The van der Waals surface area contributed by atoms with Crippen LogP contribution in [0.4, 0.5) is 4.79 Å². The van der Waals surface area contributed by atoms with Gasteiger partial charge in [0, 0.05) is 39.1 Å². The Labute approximate surface area is 153 Å². The molecule has 0 aliphatic carbocycles. The number of β-amino-alcohol motifs (C(OH)–C–C–N with tert-alkyl or cyclic N) is 1. The van der Waals surface area contributed by atoms with Crippen LogP contribution in [0.3, 0.4) is 0 Å². The second-order valence-electron chi connectivity index (χ2n) is 7.51. The smallest absolute Gasteiger partial charge is 0.407 e. The Morgan fingerprint density at radius 3 is 2.31 bits per heavy atom. The fraction of sp³-hybridized carbons (Fsp3) is 0.579. The fourth-order valence-electron chi connectivity index (χ4n) is 4.24. The van der Waals surface area contributed by atoms with Crippen molar-refractivity contribution < 1.29 is 20.1 Å². The van der Waals surface area contributed by atoms with Crippen molar-refractivity contribution in [3.63, 3.8) is 0 Å². The van der Waals surface area contributed by atoms with Crippen LogP contribution in [0, 0.1) is 23.2 Å². The highest BCUT2D eigenvalue weighted by Gasteiger charge is 2.36. The molecule has 1 aromatic carbocycles. The lowest BCUT2D eigenvalue weighted by Crippen LogP contribution is -2.54. The average Bonchev–Trinajstić information content (AvgIpc) is 2.60. The highest BCUT2D eigenvalue weighted by molar-refractivity contribution is 5.65. The lowest BCUT2D eigenvalue weighted by molar-refractivity contribution is 0.000869. The SMILES string of the molecule is N#Cc1ccc(C(O)CC(O)CN2CC3CC(C2)CN(C(=O)O)C3)cc1. The van der Waals surface area contributed by atoms with Gasteiger partial charge in [-0.25, -0.2) is 4.79 Å². The molecule has 4 unspecified atom stereocenters. The molecule has 3 N–H and O–H groups in total. The van der Waals surface area contributed by atoms with Crippen molar-refractivity contribution in [2.45, 2.75) is 25.0 Å². The normalized spacial score (nSPS) is 25.3. The highest BCUT2D eigenvalue weighted by atomic mass is 16.4. The van der Waals surface area contributed by atoms with Crippen LogP contribution in [0.15, 0.2) is 24.3 Å². The number of amides is 1. The number of benzene rings is 1. The molecule has 2 heterocycles. The third-order valence-electron chi connectivity index (χ3n) is 5.32. The number of aliphatic hydroxyl groups is 2. The van der Waals surface area contributed by atoms with Gasteiger partial charge in [0.25, 0.3) is 0 Å². The Morgan fingerprint density at radius 2 is 1.77 bits per heavy atom. The first kappa shape index (κ1) is 18.6. The standard InChI is InChI=1S/C19H25N3O4/c20-7-13-1-3-16(4-2-13)18(24)6-17(23)12-21-8-14-5-15(9-21)11-22(10-14)19(25)26/h1-4,14-15,17-18,23-24H,5-6,8-12H2,(H,25,26). The topological polar surface area (TPSA) is 108 Å². The quantitative estimate of drug-likeness (QED) is 0.731. The number of nitrogens with zero attached hydrogens (tertiary/aromatic N) is 3. The molecule has 3 rings (SSSR count). The Hall–Kier alpha value is -2.14. The monoisotopic (exact) mass is 359 g/mol. The van der Waals surface area contributed by atoms with E-state index in [-0.39, 0.29) is 6.42 Å². The number of hydrogen-bond donors (Lipinski definition) is 3. The first-order valence-corrected chi connectivity index (χ1v) is 9.01. The Balaban J connectivity index is 1.50. The van der Waals surface area contributed by atoms with Crippen molar-refractivity contribution in [1.82, 2.24) is 9.80 Å². The second kappa shape index (κ2) is 8.04. The number of aliphatic hydroxyl groups excluding tert-OH is 2. The van der Waals surface area contributed by atoms with Gasteiger partial charge in [0.1, 0.15) is 0 Å². The number of carboxylic acid groups (broad SMARTS) is 1.